The van der Waals surface area contributed by atoms with Crippen LogP contribution in [0.25, 0.3) is 0 Å². The van der Waals surface area contributed by atoms with E-state index >= 15 is 0 Å². The van der Waals surface area contributed by atoms with Crippen LogP contribution in [0.1, 0.15) is 13.3 Å². The standard InChI is InChI=1S/C9H20N2O2/c1-9(3-4-10-7-9)11-5-8(12)6-13-2/h8,10-12H,3-7H2,1-2H3. The summed E-state index contributed by atoms with van der Waals surface area (Å²) >= 11 is 0. The number of ether oxygens (including phenoxy) is 1. The first-order valence-corrected chi connectivity index (χ1v) is 4.79. The number of aliphatic hydroxyl groups is 1. The summed E-state index contributed by atoms with van der Waals surface area (Å²) in [4.78, 5) is 0. The van der Waals surface area contributed by atoms with Crippen LogP contribution in [-0.2, 0) is 4.74 Å². The van der Waals surface area contributed by atoms with Crippen molar-refractivity contribution < 1.29 is 9.84 Å². The van der Waals surface area contributed by atoms with Crippen LogP contribution in [-0.4, -0.2) is 50.1 Å². The normalized spacial score (nSPS) is 30.7. The predicted octanol–water partition coefficient (Wildman–Crippen LogP) is -0.665. The summed E-state index contributed by atoms with van der Waals surface area (Å²) in [5, 5.41) is 16.1. The first-order chi connectivity index (χ1) is 6.16. The zero-order valence-corrected chi connectivity index (χ0v) is 8.47. The molecule has 0 saturated carbocycles. The molecule has 0 aromatic rings. The van der Waals surface area contributed by atoms with Gasteiger partial charge < -0.3 is 20.5 Å². The maximum Gasteiger partial charge on any atom is 0.0897 e. The zero-order chi connectivity index (χ0) is 9.73. The average Bonchev–Trinajstić information content (AvgIpc) is 2.51. The summed E-state index contributed by atoms with van der Waals surface area (Å²) in [6.45, 7) is 5.21. The molecule has 78 valence electrons. The molecule has 1 fully saturated rings. The molecule has 1 aliphatic rings. The molecule has 1 saturated heterocycles. The van der Waals surface area contributed by atoms with Gasteiger partial charge in [-0.2, -0.15) is 0 Å². The maximum atomic E-state index is 9.42. The Morgan fingerprint density at radius 2 is 2.46 bits per heavy atom. The Labute approximate surface area is 79.7 Å². The highest BCUT2D eigenvalue weighted by Crippen LogP contribution is 2.12. The lowest BCUT2D eigenvalue weighted by Crippen LogP contribution is -2.48. The third-order valence-electron chi connectivity index (χ3n) is 2.49. The van der Waals surface area contributed by atoms with Crippen molar-refractivity contribution in [1.82, 2.24) is 10.6 Å². The summed E-state index contributed by atoms with van der Waals surface area (Å²) in [6, 6.07) is 0. The van der Waals surface area contributed by atoms with E-state index in [4.69, 9.17) is 4.74 Å². The summed E-state index contributed by atoms with van der Waals surface area (Å²) < 4.78 is 4.85. The number of hydrogen-bond donors (Lipinski definition) is 3. The number of nitrogens with one attached hydrogen (secondary N) is 2. The van der Waals surface area contributed by atoms with Crippen molar-refractivity contribution in [3.63, 3.8) is 0 Å². The van der Waals surface area contributed by atoms with Gasteiger partial charge in [-0.1, -0.05) is 0 Å². The van der Waals surface area contributed by atoms with Gasteiger partial charge in [-0.3, -0.25) is 0 Å². The average molecular weight is 188 g/mol. The van der Waals surface area contributed by atoms with E-state index in [0.29, 0.717) is 13.2 Å². The van der Waals surface area contributed by atoms with Gasteiger partial charge in [0.05, 0.1) is 12.7 Å². The van der Waals surface area contributed by atoms with Gasteiger partial charge in [0.25, 0.3) is 0 Å². The molecule has 0 bridgehead atoms. The SMILES string of the molecule is COCC(O)CNC1(C)CCNC1. The minimum absolute atomic E-state index is 0.148. The first-order valence-electron chi connectivity index (χ1n) is 4.79. The number of aliphatic hydroxyl groups excluding tert-OH is 1. The molecular weight excluding hydrogens is 168 g/mol. The zero-order valence-electron chi connectivity index (χ0n) is 8.47. The summed E-state index contributed by atoms with van der Waals surface area (Å²) in [7, 11) is 1.60. The third kappa shape index (κ3) is 3.60. The summed E-state index contributed by atoms with van der Waals surface area (Å²) in [6.07, 6.45) is 0.717. The highest BCUT2D eigenvalue weighted by atomic mass is 16.5. The van der Waals surface area contributed by atoms with Crippen LogP contribution >= 0.6 is 0 Å². The Morgan fingerprint density at radius 3 is 3.00 bits per heavy atom. The molecule has 0 amide bonds. The van der Waals surface area contributed by atoms with E-state index in [2.05, 4.69) is 17.6 Å². The highest BCUT2D eigenvalue weighted by Gasteiger charge is 2.27. The topological polar surface area (TPSA) is 53.5 Å². The number of hydrogen-bond acceptors (Lipinski definition) is 4. The molecule has 4 heteroatoms. The Bertz CT molecular complexity index is 147. The lowest BCUT2D eigenvalue weighted by atomic mass is 10.0. The monoisotopic (exact) mass is 188 g/mol. The second-order valence-corrected chi connectivity index (χ2v) is 3.98. The Balaban J connectivity index is 2.17. The number of β-amino-alcohol motifs (C(OH)–C–C–N with tert-alkyl or cyclic N) is 1. The Morgan fingerprint density at radius 1 is 1.69 bits per heavy atom. The largest absolute Gasteiger partial charge is 0.389 e. The first kappa shape index (κ1) is 10.9. The van der Waals surface area contributed by atoms with Crippen LogP contribution in [0.5, 0.6) is 0 Å². The van der Waals surface area contributed by atoms with Crippen LogP contribution in [0.2, 0.25) is 0 Å². The van der Waals surface area contributed by atoms with Gasteiger partial charge in [-0.15, -0.1) is 0 Å². The van der Waals surface area contributed by atoms with Gasteiger partial charge in [0, 0.05) is 25.7 Å². The van der Waals surface area contributed by atoms with Crippen molar-refractivity contribution in [3.8, 4) is 0 Å². The van der Waals surface area contributed by atoms with Crippen LogP contribution in [0.15, 0.2) is 0 Å². The molecule has 0 aromatic heterocycles. The minimum atomic E-state index is -0.401. The molecule has 13 heavy (non-hydrogen) atoms. The lowest BCUT2D eigenvalue weighted by Gasteiger charge is -2.26. The van der Waals surface area contributed by atoms with Crippen LogP contribution in [0, 0.1) is 0 Å². The molecule has 0 aromatic carbocycles. The van der Waals surface area contributed by atoms with Crippen molar-refractivity contribution in [2.24, 2.45) is 0 Å². The van der Waals surface area contributed by atoms with Crippen molar-refractivity contribution >= 4 is 0 Å². The van der Waals surface area contributed by atoms with Crippen molar-refractivity contribution in [2.75, 3.05) is 33.4 Å². The van der Waals surface area contributed by atoms with Crippen LogP contribution in [0.4, 0.5) is 0 Å². The molecule has 3 N–H and O–H groups in total. The van der Waals surface area contributed by atoms with E-state index in [1.54, 1.807) is 7.11 Å². The number of methoxy groups -OCH3 is 1. The molecule has 2 unspecified atom stereocenters. The predicted molar refractivity (Wildman–Crippen MR) is 51.8 cm³/mol. The molecule has 1 aliphatic heterocycles. The molecule has 2 atom stereocenters. The van der Waals surface area contributed by atoms with E-state index in [-0.39, 0.29) is 5.54 Å². The summed E-state index contributed by atoms with van der Waals surface area (Å²) in [5.74, 6) is 0. The molecule has 0 aliphatic carbocycles. The smallest absolute Gasteiger partial charge is 0.0897 e. The molecule has 0 radical (unpaired) electrons. The van der Waals surface area contributed by atoms with E-state index in [1.165, 1.54) is 0 Å². The highest BCUT2D eigenvalue weighted by molar-refractivity contribution is 4.91. The fourth-order valence-corrected chi connectivity index (χ4v) is 1.58. The van der Waals surface area contributed by atoms with Crippen molar-refractivity contribution in [3.05, 3.63) is 0 Å². The maximum absolute atomic E-state index is 9.42. The molecule has 0 spiro atoms. The van der Waals surface area contributed by atoms with E-state index in [1.807, 2.05) is 0 Å². The number of rotatable bonds is 5. The third-order valence-corrected chi connectivity index (χ3v) is 2.49. The van der Waals surface area contributed by atoms with Crippen molar-refractivity contribution in [1.29, 1.82) is 0 Å². The molecule has 4 nitrogen and oxygen atoms in total. The Kier molecular flexibility index (Phi) is 4.12. The fourth-order valence-electron chi connectivity index (χ4n) is 1.58. The van der Waals surface area contributed by atoms with E-state index in [9.17, 15) is 5.11 Å². The van der Waals surface area contributed by atoms with Gasteiger partial charge in [0.1, 0.15) is 0 Å². The molecule has 1 rings (SSSR count). The van der Waals surface area contributed by atoms with Gasteiger partial charge in [0.15, 0.2) is 0 Å². The minimum Gasteiger partial charge on any atom is -0.389 e. The van der Waals surface area contributed by atoms with Gasteiger partial charge in [-0.25, -0.2) is 0 Å². The van der Waals surface area contributed by atoms with Crippen LogP contribution < -0.4 is 10.6 Å². The van der Waals surface area contributed by atoms with Gasteiger partial charge in [0.2, 0.25) is 0 Å². The van der Waals surface area contributed by atoms with Crippen molar-refractivity contribution in [2.45, 2.75) is 25.0 Å². The lowest BCUT2D eigenvalue weighted by molar-refractivity contribution is 0.0598. The second kappa shape index (κ2) is 4.91. The van der Waals surface area contributed by atoms with Crippen LogP contribution in [0.3, 0.4) is 0 Å². The van der Waals surface area contributed by atoms with E-state index < -0.39 is 6.10 Å². The fraction of sp³-hybridized carbons (Fsp3) is 1.00. The van der Waals surface area contributed by atoms with E-state index in [0.717, 1.165) is 19.5 Å². The van der Waals surface area contributed by atoms with Gasteiger partial charge >= 0.3 is 0 Å². The Hall–Kier alpha value is -0.160. The second-order valence-electron chi connectivity index (χ2n) is 3.98. The molecule has 1 heterocycles. The summed E-state index contributed by atoms with van der Waals surface area (Å²) in [5.41, 5.74) is 0.148. The van der Waals surface area contributed by atoms with Gasteiger partial charge in [-0.05, 0) is 19.9 Å². The quantitative estimate of drug-likeness (QED) is 0.536. The molecular formula is C9H20N2O2.